The molecular formula is C32H18ClF6N5O7. The van der Waals surface area contributed by atoms with Crippen molar-refractivity contribution in [2.24, 2.45) is 0 Å². The molecule has 4 heterocycles. The topological polar surface area (TPSA) is 174 Å². The second kappa shape index (κ2) is 14.3. The predicted octanol–water partition coefficient (Wildman–Crippen LogP) is 7.41. The number of benzene rings is 2. The molecule has 262 valence electrons. The van der Waals surface area contributed by atoms with Crippen LogP contribution in [0.1, 0.15) is 50.0 Å². The Kier molecular flexibility index (Phi) is 10.1. The third-order valence-corrected chi connectivity index (χ3v) is 7.12. The number of aromatic nitrogens is 4. The van der Waals surface area contributed by atoms with Crippen molar-refractivity contribution < 1.29 is 45.2 Å². The molecule has 0 fully saturated rings. The van der Waals surface area contributed by atoms with Crippen LogP contribution in [-0.4, -0.2) is 30.8 Å². The number of alkyl halides is 6. The van der Waals surface area contributed by atoms with Gasteiger partial charge in [0.2, 0.25) is 0 Å². The van der Waals surface area contributed by atoms with Gasteiger partial charge < -0.3 is 19.1 Å². The third kappa shape index (κ3) is 9.04. The number of H-pyrrole nitrogens is 2. The van der Waals surface area contributed by atoms with Crippen molar-refractivity contribution in [3.05, 3.63) is 142 Å². The second-order valence-corrected chi connectivity index (χ2v) is 10.7. The molecule has 3 aromatic heterocycles. The molecule has 2 aromatic carbocycles. The lowest BCUT2D eigenvalue weighted by molar-refractivity contribution is -0.384. The van der Waals surface area contributed by atoms with Gasteiger partial charge in [-0.15, -0.1) is 0 Å². The van der Waals surface area contributed by atoms with Gasteiger partial charge >= 0.3 is 29.7 Å². The van der Waals surface area contributed by atoms with E-state index in [1.54, 1.807) is 40.3 Å². The maximum absolute atomic E-state index is 12.8. The lowest BCUT2D eigenvalue weighted by atomic mass is 10.0. The van der Waals surface area contributed by atoms with Crippen LogP contribution in [0.15, 0.2) is 74.7 Å². The molecule has 19 heteroatoms. The first-order chi connectivity index (χ1) is 24.0. The number of nitro benzene ring substituents is 1. The van der Waals surface area contributed by atoms with E-state index in [0.29, 0.717) is 23.2 Å². The smallest absolute Gasteiger partial charge is 0.431 e. The van der Waals surface area contributed by atoms with Crippen LogP contribution in [0.5, 0.6) is 0 Å². The summed E-state index contributed by atoms with van der Waals surface area (Å²) in [5.74, 6) is 0.503. The summed E-state index contributed by atoms with van der Waals surface area (Å²) in [6.07, 6.45) is -4.41. The highest BCUT2D eigenvalue weighted by atomic mass is 35.5. The SMILES string of the molecule is O=C1OCc2cc(-c3ccc(/C=C/c4cc(C(F)(F)F)[nH]c(=O)n4)o3)ccc21.O=c1nc(/C=C/c2cc([N+](=O)[O-])ccc2Cl)cc(C(F)(F)F)[nH]1. The maximum atomic E-state index is 12.8. The molecule has 0 aliphatic carbocycles. The first-order valence-electron chi connectivity index (χ1n) is 14.0. The Labute approximate surface area is 284 Å². The number of esters is 1. The molecule has 2 N–H and O–H groups in total. The van der Waals surface area contributed by atoms with Gasteiger partial charge in [0.25, 0.3) is 5.69 Å². The average molecular weight is 734 g/mol. The van der Waals surface area contributed by atoms with Gasteiger partial charge in [-0.25, -0.2) is 14.4 Å². The number of ether oxygens (including phenoxy) is 1. The fourth-order valence-corrected chi connectivity index (χ4v) is 4.61. The third-order valence-electron chi connectivity index (χ3n) is 6.78. The number of halogens is 7. The van der Waals surface area contributed by atoms with Crippen LogP contribution in [-0.2, 0) is 23.7 Å². The van der Waals surface area contributed by atoms with Crippen molar-refractivity contribution in [3.63, 3.8) is 0 Å². The lowest BCUT2D eigenvalue weighted by Crippen LogP contribution is -2.19. The van der Waals surface area contributed by atoms with Crippen molar-refractivity contribution in [1.29, 1.82) is 0 Å². The summed E-state index contributed by atoms with van der Waals surface area (Å²) in [4.78, 5) is 54.1. The summed E-state index contributed by atoms with van der Waals surface area (Å²) in [5, 5.41) is 10.9. The number of hydrogen-bond donors (Lipinski definition) is 2. The number of rotatable bonds is 6. The van der Waals surface area contributed by atoms with E-state index in [1.807, 2.05) is 0 Å². The molecule has 51 heavy (non-hydrogen) atoms. The zero-order chi connectivity index (χ0) is 37.1. The Balaban J connectivity index is 0.000000202. The van der Waals surface area contributed by atoms with E-state index in [9.17, 15) is 50.8 Å². The van der Waals surface area contributed by atoms with Gasteiger partial charge in [-0.05, 0) is 66.3 Å². The number of nitrogens with zero attached hydrogens (tertiary/aromatic N) is 3. The van der Waals surface area contributed by atoms with Gasteiger partial charge in [-0.1, -0.05) is 23.7 Å². The fraction of sp³-hybridized carbons (Fsp3) is 0.0938. The minimum Gasteiger partial charge on any atom is -0.457 e. The van der Waals surface area contributed by atoms with Gasteiger partial charge in [0.05, 0.1) is 21.9 Å². The Morgan fingerprint density at radius 1 is 0.784 bits per heavy atom. The number of hydrogen-bond acceptors (Lipinski definition) is 9. The highest BCUT2D eigenvalue weighted by molar-refractivity contribution is 6.32. The second-order valence-electron chi connectivity index (χ2n) is 10.3. The monoisotopic (exact) mass is 733 g/mol. The van der Waals surface area contributed by atoms with Crippen LogP contribution >= 0.6 is 11.6 Å². The van der Waals surface area contributed by atoms with Crippen molar-refractivity contribution in [2.75, 3.05) is 0 Å². The molecule has 5 aromatic rings. The minimum atomic E-state index is -4.73. The van der Waals surface area contributed by atoms with E-state index >= 15 is 0 Å². The highest BCUT2D eigenvalue weighted by Gasteiger charge is 2.33. The average Bonchev–Trinajstić information content (AvgIpc) is 3.69. The van der Waals surface area contributed by atoms with E-state index in [1.165, 1.54) is 30.4 Å². The molecule has 0 radical (unpaired) electrons. The molecule has 0 bridgehead atoms. The van der Waals surface area contributed by atoms with Gasteiger partial charge in [0.1, 0.15) is 29.5 Å². The summed E-state index contributed by atoms with van der Waals surface area (Å²) in [5.41, 5.74) is -3.13. The number of carbonyl (C=O) groups excluding carboxylic acids is 1. The number of aromatic amines is 2. The predicted molar refractivity (Wildman–Crippen MR) is 169 cm³/mol. The van der Waals surface area contributed by atoms with E-state index in [-0.39, 0.29) is 40.2 Å². The van der Waals surface area contributed by atoms with Gasteiger partial charge in [0, 0.05) is 28.3 Å². The highest BCUT2D eigenvalue weighted by Crippen LogP contribution is 2.30. The molecular weight excluding hydrogens is 716 g/mol. The van der Waals surface area contributed by atoms with Crippen LogP contribution in [0.2, 0.25) is 5.02 Å². The van der Waals surface area contributed by atoms with E-state index < -0.39 is 40.0 Å². The van der Waals surface area contributed by atoms with Gasteiger partial charge in [-0.3, -0.25) is 10.1 Å². The molecule has 6 rings (SSSR count). The first kappa shape index (κ1) is 36.0. The Morgan fingerprint density at radius 2 is 1.39 bits per heavy atom. The molecule has 1 aliphatic heterocycles. The molecule has 12 nitrogen and oxygen atoms in total. The Morgan fingerprint density at radius 3 is 1.98 bits per heavy atom. The van der Waals surface area contributed by atoms with Crippen LogP contribution in [0, 0.1) is 10.1 Å². The summed E-state index contributed by atoms with van der Waals surface area (Å²) in [6.45, 7) is 0.200. The molecule has 0 amide bonds. The minimum absolute atomic E-state index is 0.151. The van der Waals surface area contributed by atoms with E-state index in [2.05, 4.69) is 9.97 Å². The maximum Gasteiger partial charge on any atom is 0.431 e. The number of nitrogens with one attached hydrogen (secondary N) is 2. The van der Waals surface area contributed by atoms with E-state index in [0.717, 1.165) is 29.3 Å². The summed E-state index contributed by atoms with van der Waals surface area (Å²) < 4.78 is 86.7. The van der Waals surface area contributed by atoms with Crippen molar-refractivity contribution >= 4 is 47.6 Å². The standard InChI is InChI=1S/C19H11F3N2O4.C13H7ClF3N3O3/c20-19(21,22)16-8-12(23-18(26)24-16)2-3-13-4-6-15(28-13)10-1-5-14-11(7-10)9-27-17(14)25;14-10-4-3-9(20(22)23)5-7(10)1-2-8-6-11(13(15,16)17)19-12(21)18-8/h1-8H,9H2,(H,23,24,26);1-6H,(H,18,19,21)/b3-2+;2-1+. The van der Waals surface area contributed by atoms with Gasteiger partial charge in [-0.2, -0.15) is 36.3 Å². The van der Waals surface area contributed by atoms with Gasteiger partial charge in [0.15, 0.2) is 0 Å². The number of fused-ring (bicyclic) bond motifs is 1. The van der Waals surface area contributed by atoms with Crippen LogP contribution in [0.4, 0.5) is 32.0 Å². The Bertz CT molecular complexity index is 2330. The summed E-state index contributed by atoms with van der Waals surface area (Å²) in [6, 6.07) is 13.4. The van der Waals surface area contributed by atoms with Crippen molar-refractivity contribution in [3.8, 4) is 11.3 Å². The number of non-ortho nitro benzene ring substituents is 1. The number of carbonyl (C=O) groups is 1. The molecule has 0 saturated carbocycles. The molecule has 1 aliphatic rings. The number of furan rings is 1. The van der Waals surface area contributed by atoms with Crippen molar-refractivity contribution in [2.45, 2.75) is 19.0 Å². The quantitative estimate of drug-likeness (QED) is 0.0779. The summed E-state index contributed by atoms with van der Waals surface area (Å²) in [7, 11) is 0. The number of nitro groups is 1. The van der Waals surface area contributed by atoms with E-state index in [4.69, 9.17) is 20.8 Å². The Hall–Kier alpha value is -6.30. The lowest BCUT2D eigenvalue weighted by Gasteiger charge is -2.05. The van der Waals surface area contributed by atoms with Crippen LogP contribution < -0.4 is 11.4 Å². The summed E-state index contributed by atoms with van der Waals surface area (Å²) >= 11 is 5.86. The molecule has 0 atom stereocenters. The molecule has 0 unspecified atom stereocenters. The largest absolute Gasteiger partial charge is 0.457 e. The zero-order valence-electron chi connectivity index (χ0n) is 25.1. The van der Waals surface area contributed by atoms with Crippen LogP contribution in [0.25, 0.3) is 35.6 Å². The van der Waals surface area contributed by atoms with Crippen molar-refractivity contribution in [1.82, 2.24) is 19.9 Å². The zero-order valence-corrected chi connectivity index (χ0v) is 25.9. The fourth-order valence-electron chi connectivity index (χ4n) is 4.43. The first-order valence-corrected chi connectivity index (χ1v) is 14.4. The molecule has 0 spiro atoms. The normalized spacial score (nSPS) is 12.9. The van der Waals surface area contributed by atoms with Crippen LogP contribution in [0.3, 0.4) is 0 Å². The number of cyclic esters (lactones) is 1. The molecule has 0 saturated heterocycles.